The third kappa shape index (κ3) is 3.46. The van der Waals surface area contributed by atoms with Crippen LogP contribution < -0.4 is 4.90 Å². The molecule has 4 heteroatoms. The Morgan fingerprint density at radius 1 is 1.32 bits per heavy atom. The maximum atomic E-state index is 11.1. The van der Waals surface area contributed by atoms with E-state index in [-0.39, 0.29) is 0 Å². The number of carboxylic acid groups (broad SMARTS) is 1. The first kappa shape index (κ1) is 13.8. The van der Waals surface area contributed by atoms with Gasteiger partial charge in [0, 0.05) is 18.8 Å². The van der Waals surface area contributed by atoms with Crippen molar-refractivity contribution in [1.82, 2.24) is 4.98 Å². The second-order valence-electron chi connectivity index (χ2n) is 6.17. The Hall–Kier alpha value is -1.58. The van der Waals surface area contributed by atoms with Gasteiger partial charge in [-0.25, -0.2) is 9.78 Å². The normalized spacial score (nSPS) is 19.0. The number of anilines is 1. The molecule has 1 aliphatic rings. The molecule has 0 unspecified atom stereocenters. The average molecular weight is 262 g/mol. The molecule has 1 aromatic heterocycles. The molecule has 0 aromatic carbocycles. The van der Waals surface area contributed by atoms with Gasteiger partial charge in [0.2, 0.25) is 0 Å². The van der Waals surface area contributed by atoms with E-state index >= 15 is 0 Å². The largest absolute Gasteiger partial charge is 0.478 e. The Morgan fingerprint density at radius 2 is 2.05 bits per heavy atom. The number of aromatic nitrogens is 1. The van der Waals surface area contributed by atoms with Gasteiger partial charge in [0.15, 0.2) is 0 Å². The molecule has 0 radical (unpaired) electrons. The summed E-state index contributed by atoms with van der Waals surface area (Å²) in [4.78, 5) is 17.8. The predicted octanol–water partition coefficient (Wildman–Crippen LogP) is 3.10. The number of hydrogen-bond donors (Lipinski definition) is 1. The number of hydrogen-bond acceptors (Lipinski definition) is 3. The Labute approximate surface area is 114 Å². The minimum absolute atomic E-state index is 0.325. The van der Waals surface area contributed by atoms with Crippen molar-refractivity contribution in [2.75, 3.05) is 18.0 Å². The van der Waals surface area contributed by atoms with Gasteiger partial charge in [-0.3, -0.25) is 0 Å². The number of pyridine rings is 1. The molecule has 1 saturated heterocycles. The van der Waals surface area contributed by atoms with Crippen LogP contribution in [-0.2, 0) is 0 Å². The lowest BCUT2D eigenvalue weighted by Gasteiger charge is -2.24. The van der Waals surface area contributed by atoms with E-state index in [4.69, 9.17) is 5.11 Å². The van der Waals surface area contributed by atoms with E-state index < -0.39 is 5.97 Å². The van der Waals surface area contributed by atoms with Crippen molar-refractivity contribution in [2.24, 2.45) is 5.41 Å². The number of nitrogens with zero attached hydrogens (tertiary/aromatic N) is 2. The number of rotatable bonds is 2. The summed E-state index contributed by atoms with van der Waals surface area (Å²) < 4.78 is 0. The first-order valence-corrected chi connectivity index (χ1v) is 6.84. The summed E-state index contributed by atoms with van der Waals surface area (Å²) in [6.07, 6.45) is 3.46. The summed E-state index contributed by atoms with van der Waals surface area (Å²) in [5.41, 5.74) is 1.46. The number of carbonyl (C=O) groups is 1. The minimum Gasteiger partial charge on any atom is -0.478 e. The van der Waals surface area contributed by atoms with Crippen molar-refractivity contribution in [3.05, 3.63) is 23.4 Å². The van der Waals surface area contributed by atoms with E-state index in [0.717, 1.165) is 37.4 Å². The predicted molar refractivity (Wildman–Crippen MR) is 75.8 cm³/mol. The van der Waals surface area contributed by atoms with Gasteiger partial charge in [0.05, 0.1) is 5.56 Å². The van der Waals surface area contributed by atoms with Crippen molar-refractivity contribution >= 4 is 11.8 Å². The van der Waals surface area contributed by atoms with Crippen LogP contribution >= 0.6 is 0 Å². The highest BCUT2D eigenvalue weighted by atomic mass is 16.4. The van der Waals surface area contributed by atoms with Crippen molar-refractivity contribution in [1.29, 1.82) is 0 Å². The first-order valence-electron chi connectivity index (χ1n) is 6.84. The number of aryl methyl sites for hydroxylation is 1. The molecule has 0 saturated carbocycles. The van der Waals surface area contributed by atoms with Crippen LogP contribution in [0.15, 0.2) is 12.1 Å². The smallest absolute Gasteiger partial charge is 0.335 e. The lowest BCUT2D eigenvalue weighted by molar-refractivity contribution is 0.0696. The highest BCUT2D eigenvalue weighted by molar-refractivity contribution is 5.88. The highest BCUT2D eigenvalue weighted by Crippen LogP contribution is 2.31. The maximum Gasteiger partial charge on any atom is 0.335 e. The van der Waals surface area contributed by atoms with Crippen LogP contribution in [0.3, 0.4) is 0 Å². The van der Waals surface area contributed by atoms with E-state index in [1.165, 1.54) is 6.42 Å². The fourth-order valence-electron chi connectivity index (χ4n) is 2.59. The SMILES string of the molecule is Cc1cc(C(=O)O)cc(N2CCCC(C)(C)CC2)n1. The van der Waals surface area contributed by atoms with Crippen LogP contribution in [0.2, 0.25) is 0 Å². The molecule has 1 aliphatic heterocycles. The van der Waals surface area contributed by atoms with Crippen LogP contribution in [0, 0.1) is 12.3 Å². The third-order valence-electron chi connectivity index (χ3n) is 3.85. The number of carboxylic acids is 1. The minimum atomic E-state index is -0.887. The summed E-state index contributed by atoms with van der Waals surface area (Å²) in [5.74, 6) is -0.0861. The van der Waals surface area contributed by atoms with Gasteiger partial charge in [-0.15, -0.1) is 0 Å². The summed E-state index contributed by atoms with van der Waals surface area (Å²) >= 11 is 0. The van der Waals surface area contributed by atoms with Gasteiger partial charge in [-0.1, -0.05) is 13.8 Å². The van der Waals surface area contributed by atoms with Gasteiger partial charge < -0.3 is 10.0 Å². The van der Waals surface area contributed by atoms with Gasteiger partial charge in [0.25, 0.3) is 0 Å². The van der Waals surface area contributed by atoms with Crippen molar-refractivity contribution in [3.63, 3.8) is 0 Å². The van der Waals surface area contributed by atoms with Crippen molar-refractivity contribution in [2.45, 2.75) is 40.0 Å². The van der Waals surface area contributed by atoms with Crippen LogP contribution in [0.25, 0.3) is 0 Å². The van der Waals surface area contributed by atoms with Crippen LogP contribution in [-0.4, -0.2) is 29.1 Å². The van der Waals surface area contributed by atoms with Gasteiger partial charge >= 0.3 is 5.97 Å². The second kappa shape index (κ2) is 5.19. The van der Waals surface area contributed by atoms with Gasteiger partial charge in [-0.05, 0) is 43.7 Å². The zero-order valence-corrected chi connectivity index (χ0v) is 11.9. The molecular weight excluding hydrogens is 240 g/mol. The molecule has 0 spiro atoms. The molecule has 19 heavy (non-hydrogen) atoms. The molecule has 1 N–H and O–H groups in total. The van der Waals surface area contributed by atoms with E-state index in [1.54, 1.807) is 12.1 Å². The molecule has 1 fully saturated rings. The molecule has 1 aromatic rings. The lowest BCUT2D eigenvalue weighted by Crippen LogP contribution is -2.26. The molecule has 0 bridgehead atoms. The molecule has 2 heterocycles. The summed E-state index contributed by atoms with van der Waals surface area (Å²) in [6, 6.07) is 3.31. The van der Waals surface area contributed by atoms with E-state index in [2.05, 4.69) is 23.7 Å². The fourth-order valence-corrected chi connectivity index (χ4v) is 2.59. The van der Waals surface area contributed by atoms with Crippen molar-refractivity contribution < 1.29 is 9.90 Å². The van der Waals surface area contributed by atoms with E-state index in [0.29, 0.717) is 11.0 Å². The lowest BCUT2D eigenvalue weighted by atomic mass is 9.85. The highest BCUT2D eigenvalue weighted by Gasteiger charge is 2.24. The molecule has 4 nitrogen and oxygen atoms in total. The van der Waals surface area contributed by atoms with Gasteiger partial charge in [-0.2, -0.15) is 0 Å². The monoisotopic (exact) mass is 262 g/mol. The van der Waals surface area contributed by atoms with E-state index in [9.17, 15) is 4.79 Å². The Balaban J connectivity index is 2.24. The van der Waals surface area contributed by atoms with E-state index in [1.807, 2.05) is 6.92 Å². The topological polar surface area (TPSA) is 53.4 Å². The molecule has 2 rings (SSSR count). The quantitative estimate of drug-likeness (QED) is 0.889. The molecule has 0 atom stereocenters. The van der Waals surface area contributed by atoms with Gasteiger partial charge in [0.1, 0.15) is 5.82 Å². The zero-order valence-electron chi connectivity index (χ0n) is 11.9. The Kier molecular flexibility index (Phi) is 3.78. The van der Waals surface area contributed by atoms with Crippen LogP contribution in [0.5, 0.6) is 0 Å². The van der Waals surface area contributed by atoms with Crippen LogP contribution in [0.1, 0.15) is 49.2 Å². The summed E-state index contributed by atoms with van der Waals surface area (Å²) in [7, 11) is 0. The average Bonchev–Trinajstić information content (AvgIpc) is 2.49. The Bertz CT molecular complexity index is 483. The Morgan fingerprint density at radius 3 is 2.74 bits per heavy atom. The van der Waals surface area contributed by atoms with Crippen LogP contribution in [0.4, 0.5) is 5.82 Å². The standard InChI is InChI=1S/C15H22N2O2/c1-11-9-12(14(18)19)10-13(16-11)17-7-4-5-15(2,3)6-8-17/h9-10H,4-8H2,1-3H3,(H,18,19). The second-order valence-corrected chi connectivity index (χ2v) is 6.17. The molecule has 0 amide bonds. The third-order valence-corrected chi connectivity index (χ3v) is 3.85. The first-order chi connectivity index (χ1) is 8.87. The fraction of sp³-hybridized carbons (Fsp3) is 0.600. The molecule has 104 valence electrons. The van der Waals surface area contributed by atoms with Crippen molar-refractivity contribution in [3.8, 4) is 0 Å². The zero-order chi connectivity index (χ0) is 14.0. The summed E-state index contributed by atoms with van der Waals surface area (Å²) in [6.45, 7) is 8.34. The molecule has 0 aliphatic carbocycles. The maximum absolute atomic E-state index is 11.1. The molecular formula is C15H22N2O2. The summed E-state index contributed by atoms with van der Waals surface area (Å²) in [5, 5.41) is 9.12. The number of aromatic carboxylic acids is 1.